The highest BCUT2D eigenvalue weighted by Gasteiger charge is 2.39. The maximum atomic E-state index is 13.4. The van der Waals surface area contributed by atoms with Crippen molar-refractivity contribution in [3.63, 3.8) is 0 Å². The molecule has 142 valence electrons. The number of ether oxygens (including phenoxy) is 1. The fraction of sp³-hybridized carbons (Fsp3) is 0.550. The second-order valence-corrected chi connectivity index (χ2v) is 8.17. The molecule has 1 aliphatic rings. The summed E-state index contributed by atoms with van der Waals surface area (Å²) in [5, 5.41) is 4.25. The van der Waals surface area contributed by atoms with Crippen LogP contribution < -0.4 is 11.1 Å². The molecule has 2 aromatic rings. The lowest BCUT2D eigenvalue weighted by atomic mass is 9.83. The molecule has 4 atom stereocenters. The SMILES string of the molecule is CC(OC(C)(C)C)C(N)C(=O)C1CNCC1c1c[nH]c2cc(F)ccc12. The summed E-state index contributed by atoms with van der Waals surface area (Å²) in [6, 6.07) is 4.01. The van der Waals surface area contributed by atoms with Gasteiger partial charge in [0.1, 0.15) is 5.82 Å². The van der Waals surface area contributed by atoms with Crippen LogP contribution in [-0.2, 0) is 9.53 Å². The Bertz CT molecular complexity index is 796. The first-order chi connectivity index (χ1) is 12.2. The van der Waals surface area contributed by atoms with E-state index in [1.165, 1.54) is 12.1 Å². The standard InChI is InChI=1S/C20H28FN3O2/c1-11(26-20(2,3)4)18(22)19(25)16-9-23-8-14(16)15-10-24-17-7-12(21)5-6-13(15)17/h5-7,10-11,14,16,18,23-24H,8-9,22H2,1-4H3. The van der Waals surface area contributed by atoms with Gasteiger partial charge in [-0.25, -0.2) is 4.39 Å². The number of hydrogen-bond donors (Lipinski definition) is 3. The number of fused-ring (bicyclic) bond motifs is 1. The second kappa shape index (κ2) is 7.10. The number of carbonyl (C=O) groups is 1. The zero-order chi connectivity index (χ0) is 19.1. The lowest BCUT2D eigenvalue weighted by Crippen LogP contribution is -2.48. The molecule has 4 unspecified atom stereocenters. The number of aromatic nitrogens is 1. The summed E-state index contributed by atoms with van der Waals surface area (Å²) in [6.07, 6.45) is 1.52. The molecular formula is C20H28FN3O2. The van der Waals surface area contributed by atoms with Crippen molar-refractivity contribution in [2.45, 2.75) is 51.4 Å². The third-order valence-electron chi connectivity index (χ3n) is 5.03. The fourth-order valence-electron chi connectivity index (χ4n) is 3.84. The van der Waals surface area contributed by atoms with Crippen LogP contribution in [0.25, 0.3) is 10.9 Å². The van der Waals surface area contributed by atoms with E-state index in [1.54, 1.807) is 6.07 Å². The van der Waals surface area contributed by atoms with Crippen molar-refractivity contribution >= 4 is 16.7 Å². The van der Waals surface area contributed by atoms with Crippen LogP contribution >= 0.6 is 0 Å². The van der Waals surface area contributed by atoms with Crippen molar-refractivity contribution in [1.82, 2.24) is 10.3 Å². The van der Waals surface area contributed by atoms with Crippen molar-refractivity contribution in [2.75, 3.05) is 13.1 Å². The average Bonchev–Trinajstić information content (AvgIpc) is 3.17. The first-order valence-electron chi connectivity index (χ1n) is 9.12. The molecule has 0 bridgehead atoms. The quantitative estimate of drug-likeness (QED) is 0.765. The molecule has 1 aromatic heterocycles. The maximum absolute atomic E-state index is 13.4. The Balaban J connectivity index is 1.82. The lowest BCUT2D eigenvalue weighted by molar-refractivity contribution is -0.131. The highest BCUT2D eigenvalue weighted by Crippen LogP contribution is 2.34. The van der Waals surface area contributed by atoms with E-state index in [4.69, 9.17) is 10.5 Å². The van der Waals surface area contributed by atoms with Gasteiger partial charge in [0.25, 0.3) is 0 Å². The van der Waals surface area contributed by atoms with Crippen molar-refractivity contribution in [2.24, 2.45) is 11.7 Å². The van der Waals surface area contributed by atoms with E-state index in [0.29, 0.717) is 13.1 Å². The van der Waals surface area contributed by atoms with E-state index in [9.17, 15) is 9.18 Å². The van der Waals surface area contributed by atoms with E-state index in [2.05, 4.69) is 10.3 Å². The molecule has 0 amide bonds. The molecule has 4 N–H and O–H groups in total. The predicted molar refractivity (Wildman–Crippen MR) is 101 cm³/mol. The highest BCUT2D eigenvalue weighted by atomic mass is 19.1. The lowest BCUT2D eigenvalue weighted by Gasteiger charge is -2.30. The summed E-state index contributed by atoms with van der Waals surface area (Å²) in [5.74, 6) is -0.485. The van der Waals surface area contributed by atoms with Crippen LogP contribution in [0.1, 0.15) is 39.2 Å². The first kappa shape index (κ1) is 19.0. The minimum Gasteiger partial charge on any atom is -0.371 e. The van der Waals surface area contributed by atoms with Gasteiger partial charge in [-0.1, -0.05) is 0 Å². The minimum atomic E-state index is -0.677. The van der Waals surface area contributed by atoms with Gasteiger partial charge in [-0.2, -0.15) is 0 Å². The second-order valence-electron chi connectivity index (χ2n) is 8.17. The number of nitrogens with one attached hydrogen (secondary N) is 2. The number of nitrogens with two attached hydrogens (primary N) is 1. The number of rotatable bonds is 5. The number of halogens is 1. The number of carbonyl (C=O) groups excluding carboxylic acids is 1. The zero-order valence-electron chi connectivity index (χ0n) is 15.8. The molecule has 0 spiro atoms. The molecule has 5 nitrogen and oxygen atoms in total. The fourth-order valence-corrected chi connectivity index (χ4v) is 3.84. The number of benzene rings is 1. The topological polar surface area (TPSA) is 80.1 Å². The number of aromatic amines is 1. The number of Topliss-reactive ketones (excluding diaryl/α,β-unsaturated/α-hetero) is 1. The zero-order valence-corrected chi connectivity index (χ0v) is 15.8. The van der Waals surface area contributed by atoms with Crippen LogP contribution in [0, 0.1) is 11.7 Å². The molecule has 1 aromatic carbocycles. The van der Waals surface area contributed by atoms with Crippen LogP contribution in [-0.4, -0.2) is 41.6 Å². The first-order valence-corrected chi connectivity index (χ1v) is 9.12. The van der Waals surface area contributed by atoms with Gasteiger partial charge in [-0.3, -0.25) is 4.79 Å². The van der Waals surface area contributed by atoms with Crippen LogP contribution in [0.3, 0.4) is 0 Å². The largest absolute Gasteiger partial charge is 0.371 e. The van der Waals surface area contributed by atoms with Crippen LogP contribution in [0.15, 0.2) is 24.4 Å². The van der Waals surface area contributed by atoms with Crippen molar-refractivity contribution in [3.8, 4) is 0 Å². The Morgan fingerprint density at radius 1 is 1.35 bits per heavy atom. The van der Waals surface area contributed by atoms with Gasteiger partial charge >= 0.3 is 0 Å². The third kappa shape index (κ3) is 3.82. The van der Waals surface area contributed by atoms with Crippen molar-refractivity contribution in [3.05, 3.63) is 35.8 Å². The third-order valence-corrected chi connectivity index (χ3v) is 5.03. The molecule has 1 fully saturated rings. The van der Waals surface area contributed by atoms with E-state index in [1.807, 2.05) is 33.9 Å². The monoisotopic (exact) mass is 361 g/mol. The molecule has 1 aliphatic heterocycles. The highest BCUT2D eigenvalue weighted by molar-refractivity contribution is 5.90. The molecule has 26 heavy (non-hydrogen) atoms. The van der Waals surface area contributed by atoms with Gasteiger partial charge in [0.05, 0.1) is 17.7 Å². The summed E-state index contributed by atoms with van der Waals surface area (Å²) < 4.78 is 19.3. The van der Waals surface area contributed by atoms with Crippen molar-refractivity contribution < 1.29 is 13.9 Å². The Labute approximate surface area is 153 Å². The molecule has 1 saturated heterocycles. The van der Waals surface area contributed by atoms with Crippen molar-refractivity contribution in [1.29, 1.82) is 0 Å². The van der Waals surface area contributed by atoms with Gasteiger partial charge in [0.2, 0.25) is 0 Å². The van der Waals surface area contributed by atoms with E-state index < -0.39 is 6.04 Å². The minimum absolute atomic E-state index is 0.00760. The van der Waals surface area contributed by atoms with E-state index in [-0.39, 0.29) is 35.1 Å². The Kier molecular flexibility index (Phi) is 5.19. The van der Waals surface area contributed by atoms with Gasteiger partial charge in [0, 0.05) is 42.0 Å². The number of H-pyrrole nitrogens is 1. The maximum Gasteiger partial charge on any atom is 0.157 e. The van der Waals surface area contributed by atoms with Crippen LogP contribution in [0.2, 0.25) is 0 Å². The Morgan fingerprint density at radius 3 is 2.77 bits per heavy atom. The molecule has 0 saturated carbocycles. The summed E-state index contributed by atoms with van der Waals surface area (Å²) in [7, 11) is 0. The van der Waals surface area contributed by atoms with E-state index in [0.717, 1.165) is 16.5 Å². The molecule has 0 radical (unpaired) electrons. The Morgan fingerprint density at radius 2 is 2.08 bits per heavy atom. The molecule has 0 aliphatic carbocycles. The average molecular weight is 361 g/mol. The molecule has 3 rings (SSSR count). The number of hydrogen-bond acceptors (Lipinski definition) is 4. The number of ketones is 1. The molecular weight excluding hydrogens is 333 g/mol. The van der Waals surface area contributed by atoms with E-state index >= 15 is 0 Å². The van der Waals surface area contributed by atoms with Gasteiger partial charge in [-0.15, -0.1) is 0 Å². The molecule has 2 heterocycles. The molecule has 6 heteroatoms. The normalized spacial score (nSPS) is 23.3. The van der Waals surface area contributed by atoms with Crippen LogP contribution in [0.4, 0.5) is 4.39 Å². The smallest absolute Gasteiger partial charge is 0.157 e. The van der Waals surface area contributed by atoms with Gasteiger partial charge in [-0.05, 0) is 51.5 Å². The van der Waals surface area contributed by atoms with Gasteiger partial charge < -0.3 is 20.8 Å². The summed E-state index contributed by atoms with van der Waals surface area (Å²) >= 11 is 0. The summed E-state index contributed by atoms with van der Waals surface area (Å²) in [4.78, 5) is 16.2. The van der Waals surface area contributed by atoms with Gasteiger partial charge in [0.15, 0.2) is 5.78 Å². The summed E-state index contributed by atoms with van der Waals surface area (Å²) in [5.41, 5.74) is 7.65. The summed E-state index contributed by atoms with van der Waals surface area (Å²) in [6.45, 7) is 8.98. The predicted octanol–water partition coefficient (Wildman–Crippen LogP) is 2.71. The van der Waals surface area contributed by atoms with Crippen LogP contribution in [0.5, 0.6) is 0 Å². The Hall–Kier alpha value is -1.76.